The van der Waals surface area contributed by atoms with E-state index in [2.05, 4.69) is 10.5 Å². The van der Waals surface area contributed by atoms with Gasteiger partial charge in [0.2, 0.25) is 0 Å². The number of nitrogens with one attached hydrogen (secondary N) is 1. The van der Waals surface area contributed by atoms with Gasteiger partial charge >= 0.3 is 0 Å². The van der Waals surface area contributed by atoms with E-state index in [1.807, 2.05) is 0 Å². The van der Waals surface area contributed by atoms with Crippen molar-refractivity contribution < 1.29 is 19.7 Å². The number of aromatic hydroxyl groups is 2. The summed E-state index contributed by atoms with van der Waals surface area (Å²) in [5, 5.41) is 22.4. The van der Waals surface area contributed by atoms with Crippen LogP contribution < -0.4 is 10.2 Å². The van der Waals surface area contributed by atoms with Crippen LogP contribution in [0.1, 0.15) is 15.9 Å². The summed E-state index contributed by atoms with van der Waals surface area (Å²) in [6.45, 7) is 0. The Labute approximate surface area is 121 Å². The van der Waals surface area contributed by atoms with Gasteiger partial charge in [-0.15, -0.1) is 0 Å². The number of hydrogen-bond donors (Lipinski definition) is 3. The highest BCUT2D eigenvalue weighted by molar-refractivity contribution is 5.95. The Bertz CT molecular complexity index is 646. The highest BCUT2D eigenvalue weighted by Gasteiger charge is 2.07. The number of phenols is 2. The lowest BCUT2D eigenvalue weighted by atomic mass is 10.2. The first-order valence-corrected chi connectivity index (χ1v) is 6.09. The van der Waals surface area contributed by atoms with Gasteiger partial charge in [0, 0.05) is 11.6 Å². The molecule has 0 unspecified atom stereocenters. The number of amides is 1. The maximum Gasteiger partial charge on any atom is 0.271 e. The molecule has 2 aromatic rings. The number of rotatable bonds is 4. The van der Waals surface area contributed by atoms with Gasteiger partial charge in [-0.2, -0.15) is 5.10 Å². The van der Waals surface area contributed by atoms with Gasteiger partial charge in [0.25, 0.3) is 5.91 Å². The quantitative estimate of drug-likeness (QED) is 0.591. The van der Waals surface area contributed by atoms with E-state index in [9.17, 15) is 15.0 Å². The van der Waals surface area contributed by atoms with Gasteiger partial charge in [0.15, 0.2) is 0 Å². The Morgan fingerprint density at radius 1 is 1.14 bits per heavy atom. The number of carbonyl (C=O) groups excluding carboxylic acids is 1. The average Bonchev–Trinajstić information content (AvgIpc) is 2.47. The van der Waals surface area contributed by atoms with E-state index in [0.29, 0.717) is 0 Å². The fourth-order valence-corrected chi connectivity index (χ4v) is 1.65. The van der Waals surface area contributed by atoms with Gasteiger partial charge in [0.1, 0.15) is 17.2 Å². The van der Waals surface area contributed by atoms with Crippen LogP contribution in [-0.2, 0) is 0 Å². The number of hydrogen-bond acceptors (Lipinski definition) is 5. The lowest BCUT2D eigenvalue weighted by molar-refractivity contribution is 0.0954. The number of nitrogens with zero attached hydrogens (tertiary/aromatic N) is 1. The molecular formula is C15H14N2O4. The smallest absolute Gasteiger partial charge is 0.271 e. The minimum absolute atomic E-state index is 0.111. The van der Waals surface area contributed by atoms with Crippen molar-refractivity contribution in [3.05, 3.63) is 53.6 Å². The van der Waals surface area contributed by atoms with E-state index >= 15 is 0 Å². The third kappa shape index (κ3) is 3.97. The van der Waals surface area contributed by atoms with Crippen LogP contribution >= 0.6 is 0 Å². The van der Waals surface area contributed by atoms with E-state index in [-0.39, 0.29) is 17.1 Å². The summed E-state index contributed by atoms with van der Waals surface area (Å²) < 4.78 is 5.03. The molecule has 0 radical (unpaired) electrons. The van der Waals surface area contributed by atoms with Crippen LogP contribution in [-0.4, -0.2) is 29.4 Å². The molecule has 1 amide bonds. The topological polar surface area (TPSA) is 91.2 Å². The molecule has 0 spiro atoms. The molecule has 0 aromatic heterocycles. The van der Waals surface area contributed by atoms with Crippen molar-refractivity contribution in [1.82, 2.24) is 5.43 Å². The molecule has 6 nitrogen and oxygen atoms in total. The van der Waals surface area contributed by atoms with Crippen LogP contribution in [0, 0.1) is 0 Å². The molecule has 0 aliphatic carbocycles. The van der Waals surface area contributed by atoms with Crippen molar-refractivity contribution in [3.8, 4) is 17.2 Å². The van der Waals surface area contributed by atoms with E-state index in [0.717, 1.165) is 17.4 Å². The molecule has 2 aromatic carbocycles. The monoisotopic (exact) mass is 286 g/mol. The van der Waals surface area contributed by atoms with Gasteiger partial charge in [-0.3, -0.25) is 4.79 Å². The Balaban J connectivity index is 2.01. The standard InChI is InChI=1S/C15H14N2O4/c1-21-14-4-2-10(3-5-14)9-16-17-15(20)11-6-12(18)8-13(19)7-11/h2-9,18-19H,1H3,(H,17,20)/b16-9+. The summed E-state index contributed by atoms with van der Waals surface area (Å²) in [6.07, 6.45) is 1.47. The fourth-order valence-electron chi connectivity index (χ4n) is 1.65. The number of carbonyl (C=O) groups is 1. The molecule has 0 bridgehead atoms. The van der Waals surface area contributed by atoms with Crippen LogP contribution in [0.3, 0.4) is 0 Å². The summed E-state index contributed by atoms with van der Waals surface area (Å²) in [4.78, 5) is 11.8. The van der Waals surface area contributed by atoms with Crippen LogP contribution in [0.2, 0.25) is 0 Å². The molecule has 0 saturated heterocycles. The molecule has 2 rings (SSSR count). The van der Waals surface area contributed by atoms with Gasteiger partial charge in [-0.1, -0.05) is 0 Å². The molecule has 0 heterocycles. The molecule has 0 aliphatic heterocycles. The minimum Gasteiger partial charge on any atom is -0.508 e. The predicted octanol–water partition coefficient (Wildman–Crippen LogP) is 1.87. The highest BCUT2D eigenvalue weighted by atomic mass is 16.5. The van der Waals surface area contributed by atoms with Crippen LogP contribution in [0.5, 0.6) is 17.2 Å². The second kappa shape index (κ2) is 6.42. The highest BCUT2D eigenvalue weighted by Crippen LogP contribution is 2.20. The van der Waals surface area contributed by atoms with Crippen molar-refractivity contribution >= 4 is 12.1 Å². The number of phenolic OH excluding ortho intramolecular Hbond substituents is 2. The van der Waals surface area contributed by atoms with Crippen molar-refractivity contribution in [1.29, 1.82) is 0 Å². The van der Waals surface area contributed by atoms with Gasteiger partial charge < -0.3 is 14.9 Å². The maximum absolute atomic E-state index is 11.8. The van der Waals surface area contributed by atoms with Crippen molar-refractivity contribution in [3.63, 3.8) is 0 Å². The second-order valence-corrected chi connectivity index (χ2v) is 4.21. The van der Waals surface area contributed by atoms with Crippen molar-refractivity contribution in [2.45, 2.75) is 0 Å². The molecular weight excluding hydrogens is 272 g/mol. The number of hydrazone groups is 1. The molecule has 0 aliphatic rings. The third-order valence-corrected chi connectivity index (χ3v) is 2.66. The zero-order valence-corrected chi connectivity index (χ0v) is 11.3. The minimum atomic E-state index is -0.536. The SMILES string of the molecule is COc1ccc(/C=N/NC(=O)c2cc(O)cc(O)c2)cc1. The molecule has 6 heteroatoms. The summed E-state index contributed by atoms with van der Waals surface area (Å²) in [7, 11) is 1.58. The second-order valence-electron chi connectivity index (χ2n) is 4.21. The largest absolute Gasteiger partial charge is 0.508 e. The summed E-state index contributed by atoms with van der Waals surface area (Å²) in [5.74, 6) is -0.198. The van der Waals surface area contributed by atoms with E-state index in [1.54, 1.807) is 31.4 Å². The average molecular weight is 286 g/mol. The zero-order chi connectivity index (χ0) is 15.2. The van der Waals surface area contributed by atoms with Gasteiger partial charge in [0.05, 0.1) is 13.3 Å². The van der Waals surface area contributed by atoms with Gasteiger partial charge in [-0.05, 0) is 42.0 Å². The number of ether oxygens (including phenoxy) is 1. The summed E-state index contributed by atoms with van der Waals surface area (Å²) in [5.41, 5.74) is 3.20. The van der Waals surface area contributed by atoms with Crippen LogP contribution in [0.4, 0.5) is 0 Å². The van der Waals surface area contributed by atoms with E-state index in [4.69, 9.17) is 4.74 Å². The summed E-state index contributed by atoms with van der Waals surface area (Å²) in [6, 6.07) is 10.7. The van der Waals surface area contributed by atoms with Gasteiger partial charge in [-0.25, -0.2) is 5.43 Å². The first kappa shape index (κ1) is 14.4. The predicted molar refractivity (Wildman–Crippen MR) is 77.8 cm³/mol. The van der Waals surface area contributed by atoms with Crippen molar-refractivity contribution in [2.75, 3.05) is 7.11 Å². The molecule has 0 atom stereocenters. The Hall–Kier alpha value is -3.02. The van der Waals surface area contributed by atoms with Crippen LogP contribution in [0.25, 0.3) is 0 Å². The Morgan fingerprint density at radius 3 is 2.33 bits per heavy atom. The Kier molecular flexibility index (Phi) is 4.40. The van der Waals surface area contributed by atoms with Crippen molar-refractivity contribution in [2.24, 2.45) is 5.10 Å². The van der Waals surface area contributed by atoms with Crippen LogP contribution in [0.15, 0.2) is 47.6 Å². The lowest BCUT2D eigenvalue weighted by Crippen LogP contribution is -2.17. The lowest BCUT2D eigenvalue weighted by Gasteiger charge is -2.02. The molecule has 21 heavy (non-hydrogen) atoms. The number of benzene rings is 2. The van der Waals surface area contributed by atoms with E-state index in [1.165, 1.54) is 18.3 Å². The maximum atomic E-state index is 11.8. The molecule has 0 fully saturated rings. The molecule has 108 valence electrons. The summed E-state index contributed by atoms with van der Waals surface area (Å²) >= 11 is 0. The zero-order valence-electron chi connectivity index (χ0n) is 11.3. The first-order chi connectivity index (χ1) is 10.1. The van der Waals surface area contributed by atoms with E-state index < -0.39 is 5.91 Å². The number of methoxy groups -OCH3 is 1. The molecule has 0 saturated carbocycles. The molecule has 3 N–H and O–H groups in total. The first-order valence-electron chi connectivity index (χ1n) is 6.09. The fraction of sp³-hybridized carbons (Fsp3) is 0.0667. The third-order valence-electron chi connectivity index (χ3n) is 2.66. The Morgan fingerprint density at radius 2 is 1.76 bits per heavy atom. The normalized spacial score (nSPS) is 10.5.